The number of hydrogen-bond acceptors (Lipinski definition) is 5. The molecule has 3 N–H and O–H groups in total. The van der Waals surface area contributed by atoms with Crippen LogP contribution in [-0.4, -0.2) is 30.4 Å². The molecule has 0 spiro atoms. The molecule has 3 aromatic carbocycles. The molecule has 0 saturated heterocycles. The fourth-order valence-electron chi connectivity index (χ4n) is 3.77. The zero-order valence-corrected chi connectivity index (χ0v) is 18.6. The Morgan fingerprint density at radius 2 is 1.76 bits per heavy atom. The molecule has 0 aliphatic heterocycles. The minimum absolute atomic E-state index is 0.0625. The van der Waals surface area contributed by atoms with Crippen molar-refractivity contribution < 1.29 is 22.7 Å². The lowest BCUT2D eigenvalue weighted by atomic mass is 9.98. The maximum atomic E-state index is 14.6. The maximum absolute atomic E-state index is 14.6. The van der Waals surface area contributed by atoms with Gasteiger partial charge in [-0.15, -0.1) is 0 Å². The van der Waals surface area contributed by atoms with E-state index in [0.717, 1.165) is 5.56 Å². The Bertz CT molecular complexity index is 1400. The van der Waals surface area contributed by atoms with E-state index in [1.54, 1.807) is 28.9 Å². The van der Waals surface area contributed by atoms with Crippen LogP contribution in [0.4, 0.5) is 4.39 Å². The third-order valence-corrected chi connectivity index (χ3v) is 6.24. The minimum atomic E-state index is -4.07. The van der Waals surface area contributed by atoms with E-state index in [4.69, 9.17) is 9.88 Å². The lowest BCUT2D eigenvalue weighted by Crippen LogP contribution is -2.13. The highest BCUT2D eigenvalue weighted by Crippen LogP contribution is 2.38. The van der Waals surface area contributed by atoms with E-state index < -0.39 is 22.4 Å². The molecule has 0 unspecified atom stereocenters. The third kappa shape index (κ3) is 4.51. The standard InChI is InChI=1S/C24H22FN3O4S/c1-32-21-12-11-17(13-19(21)25)23-20(15-29)28(14-16-7-3-2-4-8-16)27-24(23)18-9-5-6-10-22(18)33(26,30)31/h2-13,29H,14-15H2,1H3,(H2,26,30,31). The first-order valence-corrected chi connectivity index (χ1v) is 11.6. The van der Waals surface area contributed by atoms with Crippen LogP contribution in [0, 0.1) is 5.82 Å². The Kier molecular flexibility index (Phi) is 6.28. The number of nitrogens with two attached hydrogens (primary N) is 1. The van der Waals surface area contributed by atoms with Gasteiger partial charge in [0.2, 0.25) is 10.0 Å². The second-order valence-electron chi connectivity index (χ2n) is 7.36. The van der Waals surface area contributed by atoms with Crippen LogP contribution in [0.3, 0.4) is 0 Å². The van der Waals surface area contributed by atoms with Crippen LogP contribution in [0.15, 0.2) is 77.7 Å². The van der Waals surface area contributed by atoms with Crippen molar-refractivity contribution in [3.63, 3.8) is 0 Å². The highest BCUT2D eigenvalue weighted by Gasteiger charge is 2.25. The van der Waals surface area contributed by atoms with Gasteiger partial charge in [-0.05, 0) is 29.3 Å². The van der Waals surface area contributed by atoms with E-state index in [0.29, 0.717) is 23.4 Å². The molecule has 0 radical (unpaired) electrons. The molecule has 0 atom stereocenters. The quantitative estimate of drug-likeness (QED) is 0.432. The lowest BCUT2D eigenvalue weighted by molar-refractivity contribution is 0.269. The van der Waals surface area contributed by atoms with Crippen molar-refractivity contribution in [1.29, 1.82) is 0 Å². The van der Waals surface area contributed by atoms with Crippen LogP contribution in [-0.2, 0) is 23.2 Å². The monoisotopic (exact) mass is 467 g/mol. The van der Waals surface area contributed by atoms with Gasteiger partial charge in [-0.2, -0.15) is 5.10 Å². The predicted octanol–water partition coefficient (Wildman–Crippen LogP) is 3.55. The van der Waals surface area contributed by atoms with Crippen LogP contribution in [0.1, 0.15) is 11.3 Å². The van der Waals surface area contributed by atoms with Crippen LogP contribution in [0.5, 0.6) is 5.75 Å². The summed E-state index contributed by atoms with van der Waals surface area (Å²) >= 11 is 0. The number of rotatable bonds is 7. The molecule has 33 heavy (non-hydrogen) atoms. The Morgan fingerprint density at radius 3 is 2.39 bits per heavy atom. The van der Waals surface area contributed by atoms with Crippen molar-refractivity contribution in [1.82, 2.24) is 9.78 Å². The van der Waals surface area contributed by atoms with Crippen LogP contribution < -0.4 is 9.88 Å². The van der Waals surface area contributed by atoms with Gasteiger partial charge in [-0.25, -0.2) is 17.9 Å². The summed E-state index contributed by atoms with van der Waals surface area (Å²) in [5.41, 5.74) is 2.68. The number of aliphatic hydroxyl groups excluding tert-OH is 1. The van der Waals surface area contributed by atoms with Crippen molar-refractivity contribution in [3.05, 3.63) is 89.9 Å². The summed E-state index contributed by atoms with van der Waals surface area (Å²) in [5.74, 6) is -0.534. The normalized spacial score (nSPS) is 11.5. The van der Waals surface area contributed by atoms with Gasteiger partial charge in [-0.3, -0.25) is 4.68 Å². The number of sulfonamides is 1. The van der Waals surface area contributed by atoms with Crippen molar-refractivity contribution >= 4 is 10.0 Å². The molecule has 0 bridgehead atoms. The first kappa shape index (κ1) is 22.7. The molecule has 0 saturated carbocycles. The lowest BCUT2D eigenvalue weighted by Gasteiger charge is -2.10. The maximum Gasteiger partial charge on any atom is 0.238 e. The number of aliphatic hydroxyl groups is 1. The van der Waals surface area contributed by atoms with E-state index >= 15 is 0 Å². The Labute approximate surface area is 190 Å². The molecule has 0 aliphatic carbocycles. The summed E-state index contributed by atoms with van der Waals surface area (Å²) in [7, 11) is -2.71. The number of methoxy groups -OCH3 is 1. The van der Waals surface area contributed by atoms with Gasteiger partial charge in [-0.1, -0.05) is 54.6 Å². The molecule has 4 aromatic rings. The molecular formula is C24H22FN3O4S. The summed E-state index contributed by atoms with van der Waals surface area (Å²) in [5, 5.41) is 20.4. The predicted molar refractivity (Wildman–Crippen MR) is 122 cm³/mol. The van der Waals surface area contributed by atoms with Crippen LogP contribution >= 0.6 is 0 Å². The van der Waals surface area contributed by atoms with E-state index in [9.17, 15) is 17.9 Å². The molecule has 0 fully saturated rings. The molecule has 7 nitrogen and oxygen atoms in total. The van der Waals surface area contributed by atoms with Crippen LogP contribution in [0.25, 0.3) is 22.4 Å². The van der Waals surface area contributed by atoms with Gasteiger partial charge in [0.25, 0.3) is 0 Å². The summed E-state index contributed by atoms with van der Waals surface area (Å²) in [4.78, 5) is -0.117. The van der Waals surface area contributed by atoms with E-state index in [1.807, 2.05) is 30.3 Å². The Balaban J connectivity index is 2.01. The largest absolute Gasteiger partial charge is 0.494 e. The van der Waals surface area contributed by atoms with Crippen molar-refractivity contribution in [2.24, 2.45) is 5.14 Å². The topological polar surface area (TPSA) is 107 Å². The zero-order valence-electron chi connectivity index (χ0n) is 17.8. The molecule has 1 heterocycles. The van der Waals surface area contributed by atoms with E-state index in [2.05, 4.69) is 5.10 Å². The highest BCUT2D eigenvalue weighted by atomic mass is 32.2. The van der Waals surface area contributed by atoms with E-state index in [1.165, 1.54) is 25.3 Å². The summed E-state index contributed by atoms with van der Waals surface area (Å²) in [6, 6.07) is 20.0. The number of benzene rings is 3. The van der Waals surface area contributed by atoms with Gasteiger partial charge in [0.15, 0.2) is 11.6 Å². The van der Waals surface area contributed by atoms with Crippen molar-refractivity contribution in [2.75, 3.05) is 7.11 Å². The number of aromatic nitrogens is 2. The minimum Gasteiger partial charge on any atom is -0.494 e. The summed E-state index contributed by atoms with van der Waals surface area (Å²) in [6.07, 6.45) is 0. The molecular weight excluding hydrogens is 445 g/mol. The highest BCUT2D eigenvalue weighted by molar-refractivity contribution is 7.89. The van der Waals surface area contributed by atoms with Crippen LogP contribution in [0.2, 0.25) is 0 Å². The van der Waals surface area contributed by atoms with Gasteiger partial charge in [0.05, 0.1) is 30.9 Å². The Morgan fingerprint density at radius 1 is 1.06 bits per heavy atom. The fourth-order valence-corrected chi connectivity index (χ4v) is 4.51. The molecule has 4 rings (SSSR count). The van der Waals surface area contributed by atoms with Gasteiger partial charge in [0, 0.05) is 11.1 Å². The van der Waals surface area contributed by atoms with Gasteiger partial charge >= 0.3 is 0 Å². The second kappa shape index (κ2) is 9.14. The molecule has 1 aromatic heterocycles. The SMILES string of the molecule is COc1ccc(-c2c(-c3ccccc3S(N)(=O)=O)nn(Cc3ccccc3)c2CO)cc1F. The van der Waals surface area contributed by atoms with Crippen molar-refractivity contribution in [3.8, 4) is 28.1 Å². The Hall–Kier alpha value is -3.53. The van der Waals surface area contributed by atoms with Gasteiger partial charge in [0.1, 0.15) is 5.69 Å². The first-order chi connectivity index (χ1) is 15.8. The average molecular weight is 468 g/mol. The molecule has 170 valence electrons. The second-order valence-corrected chi connectivity index (χ2v) is 8.89. The zero-order chi connectivity index (χ0) is 23.6. The number of nitrogens with zero attached hydrogens (tertiary/aromatic N) is 2. The fraction of sp³-hybridized carbons (Fsp3) is 0.125. The first-order valence-electron chi connectivity index (χ1n) is 10.0. The number of primary sulfonamides is 1. The van der Waals surface area contributed by atoms with Crippen molar-refractivity contribution in [2.45, 2.75) is 18.0 Å². The number of hydrogen-bond donors (Lipinski definition) is 2. The molecule has 0 amide bonds. The average Bonchev–Trinajstić information content (AvgIpc) is 3.17. The van der Waals surface area contributed by atoms with Gasteiger partial charge < -0.3 is 9.84 Å². The summed E-state index contributed by atoms with van der Waals surface area (Å²) < 4.78 is 45.8. The smallest absolute Gasteiger partial charge is 0.238 e. The number of halogens is 1. The number of ether oxygens (including phenoxy) is 1. The third-order valence-electron chi connectivity index (χ3n) is 5.27. The molecule has 9 heteroatoms. The summed E-state index contributed by atoms with van der Waals surface area (Å²) in [6.45, 7) is -0.0831. The molecule has 0 aliphatic rings. The van der Waals surface area contributed by atoms with E-state index in [-0.39, 0.29) is 21.9 Å².